The second-order valence-corrected chi connectivity index (χ2v) is 4.03. The van der Waals surface area contributed by atoms with Crippen LogP contribution in [0.3, 0.4) is 0 Å². The first-order valence-electron chi connectivity index (χ1n) is 5.42. The maximum Gasteiger partial charge on any atom is 0.157 e. The lowest BCUT2D eigenvalue weighted by Gasteiger charge is -2.35. The van der Waals surface area contributed by atoms with Crippen molar-refractivity contribution in [3.8, 4) is 0 Å². The highest BCUT2D eigenvalue weighted by Gasteiger charge is 2.39. The third-order valence-corrected chi connectivity index (χ3v) is 3.26. The fourth-order valence-corrected chi connectivity index (χ4v) is 2.36. The average Bonchev–Trinajstić information content (AvgIpc) is 2.31. The first-order chi connectivity index (χ1) is 7.29. The summed E-state index contributed by atoms with van der Waals surface area (Å²) in [6, 6.07) is 3.86. The number of aromatic nitrogens is 1. The Morgan fingerprint density at radius 3 is 2.93 bits per heavy atom. The second-order valence-electron chi connectivity index (χ2n) is 4.03. The number of hydrogen-bond acceptors (Lipinski definition) is 3. The van der Waals surface area contributed by atoms with E-state index in [9.17, 15) is 4.79 Å². The molecule has 80 valence electrons. The number of hydrogen-bond donors (Lipinski definition) is 1. The number of pyridine rings is 1. The predicted octanol–water partition coefficient (Wildman–Crippen LogP) is 1.64. The maximum atomic E-state index is 12.1. The molecule has 1 fully saturated rings. The summed E-state index contributed by atoms with van der Waals surface area (Å²) < 4.78 is 0. The van der Waals surface area contributed by atoms with Crippen molar-refractivity contribution < 1.29 is 4.79 Å². The van der Waals surface area contributed by atoms with E-state index in [1.54, 1.807) is 12.4 Å². The fourth-order valence-electron chi connectivity index (χ4n) is 2.36. The largest absolute Gasteiger partial charge is 0.304 e. The molecule has 0 amide bonds. The van der Waals surface area contributed by atoms with Crippen LogP contribution in [0, 0.1) is 0 Å². The minimum absolute atomic E-state index is 0.296. The minimum atomic E-state index is -0.480. The molecule has 1 heterocycles. The van der Waals surface area contributed by atoms with Crippen LogP contribution >= 0.6 is 0 Å². The predicted molar refractivity (Wildman–Crippen MR) is 58.4 cm³/mol. The van der Waals surface area contributed by atoms with E-state index in [-0.39, 0.29) is 0 Å². The van der Waals surface area contributed by atoms with E-state index in [2.05, 4.69) is 10.3 Å². The van der Waals surface area contributed by atoms with E-state index < -0.39 is 5.54 Å². The van der Waals surface area contributed by atoms with Crippen LogP contribution in [-0.2, 0) is 10.3 Å². The molecule has 0 spiro atoms. The van der Waals surface area contributed by atoms with E-state index >= 15 is 0 Å². The molecular formula is C12H16N2O. The number of ketones is 1. The van der Waals surface area contributed by atoms with Crippen molar-refractivity contribution >= 4 is 5.78 Å². The molecule has 1 N–H and O–H groups in total. The summed E-state index contributed by atoms with van der Waals surface area (Å²) in [7, 11) is 1.86. The zero-order chi connectivity index (χ0) is 10.7. The fraction of sp³-hybridized carbons (Fsp3) is 0.500. The molecule has 3 heteroatoms. The van der Waals surface area contributed by atoms with Crippen molar-refractivity contribution in [2.24, 2.45) is 0 Å². The molecule has 1 saturated carbocycles. The third-order valence-electron chi connectivity index (χ3n) is 3.26. The number of Topliss-reactive ketones (excluding diaryl/α,β-unsaturated/α-hetero) is 1. The number of carbonyl (C=O) groups is 1. The number of nitrogens with one attached hydrogen (secondary N) is 1. The monoisotopic (exact) mass is 204 g/mol. The molecule has 3 nitrogen and oxygen atoms in total. The quantitative estimate of drug-likeness (QED) is 0.796. The second kappa shape index (κ2) is 4.11. The summed E-state index contributed by atoms with van der Waals surface area (Å²) in [6.07, 6.45) is 7.20. The number of carbonyl (C=O) groups excluding carboxylic acids is 1. The lowest BCUT2D eigenvalue weighted by molar-refractivity contribution is -0.127. The zero-order valence-corrected chi connectivity index (χ0v) is 8.99. The van der Waals surface area contributed by atoms with Gasteiger partial charge in [0.25, 0.3) is 0 Å². The molecule has 0 unspecified atom stereocenters. The number of rotatable bonds is 2. The van der Waals surface area contributed by atoms with Crippen molar-refractivity contribution in [2.75, 3.05) is 7.05 Å². The molecular weight excluding hydrogens is 188 g/mol. The zero-order valence-electron chi connectivity index (χ0n) is 8.99. The Morgan fingerprint density at radius 1 is 1.47 bits per heavy atom. The summed E-state index contributed by atoms with van der Waals surface area (Å²) in [4.78, 5) is 16.2. The van der Waals surface area contributed by atoms with Gasteiger partial charge >= 0.3 is 0 Å². The van der Waals surface area contributed by atoms with Gasteiger partial charge in [-0.3, -0.25) is 9.78 Å². The summed E-state index contributed by atoms with van der Waals surface area (Å²) in [6.45, 7) is 0. The van der Waals surface area contributed by atoms with Gasteiger partial charge in [-0.2, -0.15) is 0 Å². The van der Waals surface area contributed by atoms with E-state index in [0.29, 0.717) is 12.2 Å². The summed E-state index contributed by atoms with van der Waals surface area (Å²) in [5.41, 5.74) is 0.518. The highest BCUT2D eigenvalue weighted by molar-refractivity contribution is 5.90. The van der Waals surface area contributed by atoms with Crippen molar-refractivity contribution in [2.45, 2.75) is 31.2 Å². The average molecular weight is 204 g/mol. The smallest absolute Gasteiger partial charge is 0.157 e. The number of likely N-dealkylation sites (N-methyl/N-ethyl adjacent to an activating group) is 1. The summed E-state index contributed by atoms with van der Waals surface area (Å²) in [5.74, 6) is 0.296. The van der Waals surface area contributed by atoms with Crippen LogP contribution in [0.25, 0.3) is 0 Å². The highest BCUT2D eigenvalue weighted by atomic mass is 16.1. The van der Waals surface area contributed by atoms with Crippen molar-refractivity contribution in [1.29, 1.82) is 0 Å². The Morgan fingerprint density at radius 2 is 2.33 bits per heavy atom. The van der Waals surface area contributed by atoms with E-state index in [1.807, 2.05) is 19.2 Å². The molecule has 0 bridgehead atoms. The molecule has 0 saturated heterocycles. The Hall–Kier alpha value is -1.22. The van der Waals surface area contributed by atoms with Crippen LogP contribution in [0.1, 0.15) is 31.2 Å². The van der Waals surface area contributed by atoms with Crippen molar-refractivity contribution in [3.63, 3.8) is 0 Å². The molecule has 1 aromatic rings. The standard InChI is InChI=1S/C12H16N2O/c1-13-12(7-3-2-6-11(12)15)10-5-4-8-14-9-10/h4-5,8-9,13H,2-3,6-7H2,1H3/t12-/m1/s1. The van der Waals surface area contributed by atoms with Gasteiger partial charge in [0, 0.05) is 18.8 Å². The molecule has 2 rings (SSSR count). The van der Waals surface area contributed by atoms with Gasteiger partial charge in [0.05, 0.1) is 0 Å². The normalized spacial score (nSPS) is 26.6. The van der Waals surface area contributed by atoms with E-state index in [4.69, 9.17) is 0 Å². The Bertz CT molecular complexity index is 350. The van der Waals surface area contributed by atoms with Gasteiger partial charge < -0.3 is 5.32 Å². The maximum absolute atomic E-state index is 12.1. The van der Waals surface area contributed by atoms with Gasteiger partial charge in [-0.1, -0.05) is 12.5 Å². The van der Waals surface area contributed by atoms with Gasteiger partial charge in [0.2, 0.25) is 0 Å². The van der Waals surface area contributed by atoms with Crippen LogP contribution < -0.4 is 5.32 Å². The Kier molecular flexibility index (Phi) is 2.82. The van der Waals surface area contributed by atoms with Gasteiger partial charge in [-0.05, 0) is 31.5 Å². The molecule has 1 aliphatic carbocycles. The molecule has 1 atom stereocenters. The van der Waals surface area contributed by atoms with E-state index in [1.165, 1.54) is 0 Å². The summed E-state index contributed by atoms with van der Waals surface area (Å²) >= 11 is 0. The van der Waals surface area contributed by atoms with Crippen LogP contribution in [0.2, 0.25) is 0 Å². The van der Waals surface area contributed by atoms with Crippen molar-refractivity contribution in [1.82, 2.24) is 10.3 Å². The number of nitrogens with zero attached hydrogens (tertiary/aromatic N) is 1. The van der Waals surface area contributed by atoms with Gasteiger partial charge in [-0.15, -0.1) is 0 Å². The summed E-state index contributed by atoms with van der Waals surface area (Å²) in [5, 5.41) is 3.19. The Labute approximate surface area is 89.9 Å². The van der Waals surface area contributed by atoms with Crippen LogP contribution in [0.4, 0.5) is 0 Å². The Balaban J connectivity index is 2.40. The minimum Gasteiger partial charge on any atom is -0.304 e. The molecule has 1 aliphatic rings. The van der Waals surface area contributed by atoms with Gasteiger partial charge in [0.15, 0.2) is 5.78 Å². The van der Waals surface area contributed by atoms with Crippen LogP contribution in [0.15, 0.2) is 24.5 Å². The van der Waals surface area contributed by atoms with Gasteiger partial charge in [0.1, 0.15) is 5.54 Å². The topological polar surface area (TPSA) is 42.0 Å². The first kappa shape index (κ1) is 10.3. The van der Waals surface area contributed by atoms with E-state index in [0.717, 1.165) is 24.8 Å². The molecule has 0 aromatic carbocycles. The van der Waals surface area contributed by atoms with Crippen LogP contribution in [-0.4, -0.2) is 17.8 Å². The van der Waals surface area contributed by atoms with Gasteiger partial charge in [-0.25, -0.2) is 0 Å². The molecule has 0 aliphatic heterocycles. The SMILES string of the molecule is CN[C@@]1(c2cccnc2)CCCCC1=O. The van der Waals surface area contributed by atoms with Crippen LogP contribution in [0.5, 0.6) is 0 Å². The third kappa shape index (κ3) is 1.67. The highest BCUT2D eigenvalue weighted by Crippen LogP contribution is 2.33. The first-order valence-corrected chi connectivity index (χ1v) is 5.42. The molecule has 0 radical (unpaired) electrons. The van der Waals surface area contributed by atoms with Crippen molar-refractivity contribution in [3.05, 3.63) is 30.1 Å². The lowest BCUT2D eigenvalue weighted by Crippen LogP contribution is -2.49. The molecule has 15 heavy (non-hydrogen) atoms. The lowest BCUT2D eigenvalue weighted by atomic mass is 9.76. The molecule has 1 aromatic heterocycles.